The van der Waals surface area contributed by atoms with E-state index in [9.17, 15) is 8.42 Å². The van der Waals surface area contributed by atoms with Gasteiger partial charge in [0.2, 0.25) is 10.0 Å². The van der Waals surface area contributed by atoms with Crippen molar-refractivity contribution in [2.45, 2.75) is 31.7 Å². The highest BCUT2D eigenvalue weighted by Gasteiger charge is 2.20. The molecule has 1 aromatic rings. The molecule has 2 rings (SSSR count). The summed E-state index contributed by atoms with van der Waals surface area (Å²) in [5, 5.41) is 0. The van der Waals surface area contributed by atoms with Gasteiger partial charge >= 0.3 is 0 Å². The molecule has 0 saturated carbocycles. The smallest absolute Gasteiger partial charge is 0.240 e. The van der Waals surface area contributed by atoms with Crippen LogP contribution in [-0.2, 0) is 14.8 Å². The monoisotopic (exact) mass is 312 g/mol. The van der Waals surface area contributed by atoms with Gasteiger partial charge in [-0.15, -0.1) is 0 Å². The molecule has 6 heteroatoms. The molecule has 5 nitrogen and oxygen atoms in total. The summed E-state index contributed by atoms with van der Waals surface area (Å²) in [7, 11) is -3.44. The lowest BCUT2D eigenvalue weighted by Gasteiger charge is -2.32. The Balaban J connectivity index is 1.98. The van der Waals surface area contributed by atoms with Gasteiger partial charge in [0.1, 0.15) is 0 Å². The first-order valence-corrected chi connectivity index (χ1v) is 8.77. The van der Waals surface area contributed by atoms with Crippen LogP contribution in [0.5, 0.6) is 0 Å². The van der Waals surface area contributed by atoms with E-state index in [4.69, 9.17) is 4.74 Å². The summed E-state index contributed by atoms with van der Waals surface area (Å²) < 4.78 is 32.7. The average Bonchev–Trinajstić information content (AvgIpc) is 2.48. The van der Waals surface area contributed by atoms with E-state index < -0.39 is 10.0 Å². The third-order valence-electron chi connectivity index (χ3n) is 4.03. The van der Waals surface area contributed by atoms with Crippen LogP contribution in [0, 0.1) is 13.8 Å². The Kier molecular flexibility index (Phi) is 5.37. The lowest BCUT2D eigenvalue weighted by molar-refractivity contribution is 0.0213. The predicted octanol–water partition coefficient (Wildman–Crippen LogP) is 1.30. The number of sulfonamides is 1. The number of rotatable bonds is 5. The molecule has 1 unspecified atom stereocenters. The van der Waals surface area contributed by atoms with Crippen molar-refractivity contribution in [1.29, 1.82) is 0 Å². The summed E-state index contributed by atoms with van der Waals surface area (Å²) >= 11 is 0. The second kappa shape index (κ2) is 6.87. The van der Waals surface area contributed by atoms with E-state index in [0.29, 0.717) is 24.7 Å². The van der Waals surface area contributed by atoms with Crippen LogP contribution in [-0.4, -0.2) is 52.2 Å². The maximum atomic E-state index is 12.3. The van der Waals surface area contributed by atoms with Crippen LogP contribution in [0.25, 0.3) is 0 Å². The Labute approximate surface area is 127 Å². The van der Waals surface area contributed by atoms with E-state index in [1.165, 1.54) is 0 Å². The topological polar surface area (TPSA) is 58.6 Å². The molecule has 0 radical (unpaired) electrons. The predicted molar refractivity (Wildman–Crippen MR) is 83.0 cm³/mol. The Morgan fingerprint density at radius 1 is 1.24 bits per heavy atom. The van der Waals surface area contributed by atoms with Crippen molar-refractivity contribution in [3.63, 3.8) is 0 Å². The van der Waals surface area contributed by atoms with Gasteiger partial charge < -0.3 is 4.74 Å². The molecule has 0 bridgehead atoms. The molecule has 1 N–H and O–H groups in total. The van der Waals surface area contributed by atoms with Crippen LogP contribution >= 0.6 is 0 Å². The van der Waals surface area contributed by atoms with E-state index in [-0.39, 0.29) is 6.04 Å². The molecule has 1 saturated heterocycles. The summed E-state index contributed by atoms with van der Waals surface area (Å²) in [6.45, 7) is 9.48. The maximum Gasteiger partial charge on any atom is 0.240 e. The number of hydrogen-bond donors (Lipinski definition) is 1. The van der Waals surface area contributed by atoms with Crippen LogP contribution < -0.4 is 4.72 Å². The zero-order valence-electron chi connectivity index (χ0n) is 12.9. The quantitative estimate of drug-likeness (QED) is 0.890. The fraction of sp³-hybridized carbons (Fsp3) is 0.600. The van der Waals surface area contributed by atoms with Gasteiger partial charge in [0, 0.05) is 25.7 Å². The molecule has 0 spiro atoms. The molecule has 1 atom stereocenters. The third kappa shape index (κ3) is 4.26. The summed E-state index contributed by atoms with van der Waals surface area (Å²) in [5.41, 5.74) is 2.08. The molecule has 0 aromatic heterocycles. The van der Waals surface area contributed by atoms with Gasteiger partial charge in [-0.05, 0) is 44.0 Å². The SMILES string of the molecule is Cc1ccc(S(=O)(=O)NCC(C)N2CCOCC2)cc1C. The average molecular weight is 312 g/mol. The number of benzene rings is 1. The van der Waals surface area contributed by atoms with Crippen LogP contribution in [0.3, 0.4) is 0 Å². The van der Waals surface area contributed by atoms with Crippen molar-refractivity contribution >= 4 is 10.0 Å². The van der Waals surface area contributed by atoms with Gasteiger partial charge in [0.15, 0.2) is 0 Å². The molecule has 0 amide bonds. The molecule has 0 aliphatic carbocycles. The summed E-state index contributed by atoms with van der Waals surface area (Å²) in [6.07, 6.45) is 0. The Morgan fingerprint density at radius 3 is 2.52 bits per heavy atom. The zero-order chi connectivity index (χ0) is 15.5. The van der Waals surface area contributed by atoms with Gasteiger partial charge in [0.05, 0.1) is 18.1 Å². The number of ether oxygens (including phenoxy) is 1. The second-order valence-electron chi connectivity index (χ2n) is 5.60. The number of hydrogen-bond acceptors (Lipinski definition) is 4. The first-order valence-electron chi connectivity index (χ1n) is 7.29. The lowest BCUT2D eigenvalue weighted by atomic mass is 10.1. The highest BCUT2D eigenvalue weighted by atomic mass is 32.2. The molecular formula is C15H24N2O3S. The van der Waals surface area contributed by atoms with Crippen molar-refractivity contribution in [2.75, 3.05) is 32.8 Å². The van der Waals surface area contributed by atoms with Crippen molar-refractivity contribution in [2.24, 2.45) is 0 Å². The van der Waals surface area contributed by atoms with E-state index >= 15 is 0 Å². The van der Waals surface area contributed by atoms with E-state index in [0.717, 1.165) is 24.2 Å². The van der Waals surface area contributed by atoms with Crippen LogP contribution in [0.2, 0.25) is 0 Å². The molecule has 21 heavy (non-hydrogen) atoms. The van der Waals surface area contributed by atoms with Crippen molar-refractivity contribution in [3.8, 4) is 0 Å². The minimum absolute atomic E-state index is 0.162. The Hall–Kier alpha value is -0.950. The number of aryl methyl sites for hydroxylation is 2. The van der Waals surface area contributed by atoms with E-state index in [1.807, 2.05) is 26.8 Å². The maximum absolute atomic E-state index is 12.3. The highest BCUT2D eigenvalue weighted by Crippen LogP contribution is 2.14. The summed E-state index contributed by atoms with van der Waals surface area (Å²) in [6, 6.07) is 5.38. The Bertz CT molecular complexity index is 581. The standard InChI is InChI=1S/C15H24N2O3S/c1-12-4-5-15(10-13(12)2)21(18,19)16-11-14(3)17-6-8-20-9-7-17/h4-5,10,14,16H,6-9,11H2,1-3H3. The normalized spacial score (nSPS) is 18.6. The minimum atomic E-state index is -3.44. The van der Waals surface area contributed by atoms with E-state index in [1.54, 1.807) is 12.1 Å². The number of nitrogens with zero attached hydrogens (tertiary/aromatic N) is 1. The largest absolute Gasteiger partial charge is 0.379 e. The van der Waals surface area contributed by atoms with Gasteiger partial charge in [-0.1, -0.05) is 6.07 Å². The number of morpholine rings is 1. The molecule has 1 aliphatic heterocycles. The molecular weight excluding hydrogens is 288 g/mol. The van der Waals surface area contributed by atoms with Gasteiger partial charge in [-0.3, -0.25) is 4.90 Å². The molecule has 1 fully saturated rings. The molecule has 118 valence electrons. The minimum Gasteiger partial charge on any atom is -0.379 e. The summed E-state index contributed by atoms with van der Waals surface area (Å²) in [5.74, 6) is 0. The Morgan fingerprint density at radius 2 is 1.90 bits per heavy atom. The van der Waals surface area contributed by atoms with Crippen LogP contribution in [0.1, 0.15) is 18.1 Å². The number of nitrogens with one attached hydrogen (secondary N) is 1. The van der Waals surface area contributed by atoms with Crippen LogP contribution in [0.15, 0.2) is 23.1 Å². The first-order chi connectivity index (χ1) is 9.90. The highest BCUT2D eigenvalue weighted by molar-refractivity contribution is 7.89. The lowest BCUT2D eigenvalue weighted by Crippen LogP contribution is -2.47. The third-order valence-corrected chi connectivity index (χ3v) is 5.45. The fourth-order valence-corrected chi connectivity index (χ4v) is 3.55. The van der Waals surface area contributed by atoms with E-state index in [2.05, 4.69) is 9.62 Å². The van der Waals surface area contributed by atoms with Crippen LogP contribution in [0.4, 0.5) is 0 Å². The molecule has 1 aromatic carbocycles. The molecule has 1 heterocycles. The second-order valence-corrected chi connectivity index (χ2v) is 7.36. The molecule has 1 aliphatic rings. The first kappa shape index (κ1) is 16.4. The van der Waals surface area contributed by atoms with Gasteiger partial charge in [-0.2, -0.15) is 0 Å². The van der Waals surface area contributed by atoms with Gasteiger partial charge in [-0.25, -0.2) is 13.1 Å². The van der Waals surface area contributed by atoms with Crippen molar-refractivity contribution < 1.29 is 13.2 Å². The van der Waals surface area contributed by atoms with Crippen molar-refractivity contribution in [3.05, 3.63) is 29.3 Å². The zero-order valence-corrected chi connectivity index (χ0v) is 13.7. The van der Waals surface area contributed by atoms with Gasteiger partial charge in [0.25, 0.3) is 0 Å². The summed E-state index contributed by atoms with van der Waals surface area (Å²) in [4.78, 5) is 2.58. The van der Waals surface area contributed by atoms with Crippen molar-refractivity contribution in [1.82, 2.24) is 9.62 Å². The fourth-order valence-electron chi connectivity index (χ4n) is 2.34.